The molecule has 1 atom stereocenters. The molecule has 160 valence electrons. The number of amides is 1. The van der Waals surface area contributed by atoms with Crippen LogP contribution in [0.25, 0.3) is 0 Å². The van der Waals surface area contributed by atoms with Crippen LogP contribution in [-0.2, 0) is 10.5 Å². The number of carbonyl (C=O) groups excluding carboxylic acids is 1. The quantitative estimate of drug-likeness (QED) is 0.425. The third-order valence-electron chi connectivity index (χ3n) is 5.01. The SMILES string of the molecule is COc1ccc(C2CC(=O)Nc3nc(SCc4cccc(Cl)c4)[nH]c(=O)c32)c(OC)c1. The lowest BCUT2D eigenvalue weighted by molar-refractivity contribution is -0.116. The number of fused-ring (bicyclic) bond motifs is 1. The molecule has 7 nitrogen and oxygen atoms in total. The highest BCUT2D eigenvalue weighted by Crippen LogP contribution is 2.40. The monoisotopic (exact) mass is 457 g/mol. The lowest BCUT2D eigenvalue weighted by Crippen LogP contribution is -2.31. The van der Waals surface area contributed by atoms with Crippen molar-refractivity contribution >= 4 is 35.1 Å². The van der Waals surface area contributed by atoms with E-state index >= 15 is 0 Å². The first-order valence-electron chi connectivity index (χ1n) is 9.51. The summed E-state index contributed by atoms with van der Waals surface area (Å²) in [6, 6.07) is 12.8. The van der Waals surface area contributed by atoms with Gasteiger partial charge in [-0.05, 0) is 23.8 Å². The molecule has 4 rings (SSSR count). The predicted octanol–water partition coefficient (Wildman–Crippen LogP) is 4.21. The molecule has 1 unspecified atom stereocenters. The van der Waals surface area contributed by atoms with Crippen molar-refractivity contribution in [1.82, 2.24) is 9.97 Å². The maximum Gasteiger partial charge on any atom is 0.257 e. The molecule has 31 heavy (non-hydrogen) atoms. The van der Waals surface area contributed by atoms with E-state index in [4.69, 9.17) is 21.1 Å². The van der Waals surface area contributed by atoms with Crippen molar-refractivity contribution in [3.8, 4) is 11.5 Å². The molecule has 1 amide bonds. The normalized spacial score (nSPS) is 15.2. The van der Waals surface area contributed by atoms with Gasteiger partial charge >= 0.3 is 0 Å². The molecular formula is C22H20ClN3O4S. The number of nitrogens with one attached hydrogen (secondary N) is 2. The summed E-state index contributed by atoms with van der Waals surface area (Å²) in [4.78, 5) is 32.8. The molecule has 1 aromatic heterocycles. The fraction of sp³-hybridized carbons (Fsp3) is 0.227. The highest BCUT2D eigenvalue weighted by Gasteiger charge is 2.32. The molecule has 0 aliphatic carbocycles. The van der Waals surface area contributed by atoms with Gasteiger partial charge in [-0.25, -0.2) is 4.98 Å². The number of H-pyrrole nitrogens is 1. The minimum absolute atomic E-state index is 0.120. The van der Waals surface area contributed by atoms with E-state index in [1.807, 2.05) is 24.3 Å². The number of rotatable bonds is 6. The molecule has 0 bridgehead atoms. The first-order valence-corrected chi connectivity index (χ1v) is 10.9. The van der Waals surface area contributed by atoms with Crippen LogP contribution >= 0.6 is 23.4 Å². The van der Waals surface area contributed by atoms with E-state index in [9.17, 15) is 9.59 Å². The fourth-order valence-corrected chi connectivity index (χ4v) is 4.59. The number of benzene rings is 2. The van der Waals surface area contributed by atoms with Gasteiger partial charge in [0.15, 0.2) is 5.16 Å². The number of aromatic amines is 1. The molecule has 1 aliphatic rings. The van der Waals surface area contributed by atoms with Crippen LogP contribution in [0, 0.1) is 0 Å². The van der Waals surface area contributed by atoms with E-state index in [2.05, 4.69) is 15.3 Å². The Morgan fingerprint density at radius 3 is 2.74 bits per heavy atom. The Bertz CT molecular complexity index is 1200. The van der Waals surface area contributed by atoms with Crippen LogP contribution in [0.3, 0.4) is 0 Å². The molecule has 0 radical (unpaired) electrons. The molecule has 2 aromatic carbocycles. The Kier molecular flexibility index (Phi) is 6.20. The van der Waals surface area contributed by atoms with Gasteiger partial charge in [0.05, 0.1) is 19.8 Å². The number of carbonyl (C=O) groups is 1. The van der Waals surface area contributed by atoms with Gasteiger partial charge in [0.1, 0.15) is 17.3 Å². The van der Waals surface area contributed by atoms with Gasteiger partial charge in [-0.1, -0.05) is 41.6 Å². The number of hydrogen-bond donors (Lipinski definition) is 2. The summed E-state index contributed by atoms with van der Waals surface area (Å²) in [5.41, 5.74) is 1.85. The summed E-state index contributed by atoms with van der Waals surface area (Å²) in [5, 5.41) is 3.81. The molecule has 1 aliphatic heterocycles. The Hall–Kier alpha value is -2.97. The van der Waals surface area contributed by atoms with Crippen LogP contribution in [0.4, 0.5) is 5.82 Å². The van der Waals surface area contributed by atoms with Crippen LogP contribution in [0.1, 0.15) is 29.0 Å². The van der Waals surface area contributed by atoms with Crippen LogP contribution in [-0.4, -0.2) is 30.1 Å². The minimum Gasteiger partial charge on any atom is -0.497 e. The average molecular weight is 458 g/mol. The number of anilines is 1. The topological polar surface area (TPSA) is 93.3 Å². The summed E-state index contributed by atoms with van der Waals surface area (Å²) < 4.78 is 10.7. The number of ether oxygens (including phenoxy) is 2. The second-order valence-electron chi connectivity index (χ2n) is 6.96. The largest absolute Gasteiger partial charge is 0.497 e. The number of methoxy groups -OCH3 is 2. The van der Waals surface area contributed by atoms with Gasteiger partial charge in [0.25, 0.3) is 5.56 Å². The van der Waals surface area contributed by atoms with Gasteiger partial charge in [-0.15, -0.1) is 0 Å². The molecule has 2 N–H and O–H groups in total. The van der Waals surface area contributed by atoms with Crippen molar-refractivity contribution in [2.75, 3.05) is 19.5 Å². The zero-order valence-corrected chi connectivity index (χ0v) is 18.5. The number of nitrogens with zero attached hydrogens (tertiary/aromatic N) is 1. The van der Waals surface area contributed by atoms with Gasteiger partial charge in [-0.2, -0.15) is 0 Å². The smallest absolute Gasteiger partial charge is 0.257 e. The number of thioether (sulfide) groups is 1. The molecule has 0 saturated carbocycles. The van der Waals surface area contributed by atoms with Gasteiger partial charge in [-0.3, -0.25) is 9.59 Å². The van der Waals surface area contributed by atoms with Crippen molar-refractivity contribution in [3.05, 3.63) is 74.5 Å². The van der Waals surface area contributed by atoms with E-state index in [0.717, 1.165) is 11.1 Å². The molecule has 0 fully saturated rings. The van der Waals surface area contributed by atoms with Crippen LogP contribution in [0.15, 0.2) is 52.4 Å². The summed E-state index contributed by atoms with van der Waals surface area (Å²) in [6.07, 6.45) is 0.120. The lowest BCUT2D eigenvalue weighted by Gasteiger charge is -2.26. The maximum atomic E-state index is 13.0. The summed E-state index contributed by atoms with van der Waals surface area (Å²) >= 11 is 7.39. The van der Waals surface area contributed by atoms with E-state index in [1.54, 1.807) is 32.4 Å². The first kappa shape index (κ1) is 21.3. The Morgan fingerprint density at radius 2 is 2.00 bits per heavy atom. The minimum atomic E-state index is -0.479. The fourth-order valence-electron chi connectivity index (χ4n) is 3.57. The summed E-state index contributed by atoms with van der Waals surface area (Å²) in [7, 11) is 3.11. The van der Waals surface area contributed by atoms with Gasteiger partial charge < -0.3 is 19.8 Å². The number of hydrogen-bond acceptors (Lipinski definition) is 6. The van der Waals surface area contributed by atoms with E-state index in [1.165, 1.54) is 11.8 Å². The van der Waals surface area contributed by atoms with E-state index in [0.29, 0.717) is 33.0 Å². The zero-order valence-electron chi connectivity index (χ0n) is 16.9. The van der Waals surface area contributed by atoms with Crippen LogP contribution in [0.5, 0.6) is 11.5 Å². The highest BCUT2D eigenvalue weighted by molar-refractivity contribution is 7.98. The highest BCUT2D eigenvalue weighted by atomic mass is 35.5. The second kappa shape index (κ2) is 9.03. The second-order valence-corrected chi connectivity index (χ2v) is 8.37. The number of aromatic nitrogens is 2. The maximum absolute atomic E-state index is 13.0. The van der Waals surface area contributed by atoms with E-state index < -0.39 is 5.92 Å². The molecule has 3 aromatic rings. The van der Waals surface area contributed by atoms with Crippen molar-refractivity contribution in [1.29, 1.82) is 0 Å². The molecule has 0 saturated heterocycles. The molecule has 9 heteroatoms. The van der Waals surface area contributed by atoms with E-state index in [-0.39, 0.29) is 23.7 Å². The lowest BCUT2D eigenvalue weighted by atomic mass is 9.86. The van der Waals surface area contributed by atoms with Crippen molar-refractivity contribution in [3.63, 3.8) is 0 Å². The summed E-state index contributed by atoms with van der Waals surface area (Å²) in [6.45, 7) is 0. The van der Waals surface area contributed by atoms with Crippen LogP contribution in [0.2, 0.25) is 5.02 Å². The zero-order chi connectivity index (χ0) is 22.0. The molecule has 0 spiro atoms. The Labute approximate surface area is 188 Å². The first-order chi connectivity index (χ1) is 15.0. The predicted molar refractivity (Wildman–Crippen MR) is 121 cm³/mol. The summed E-state index contributed by atoms with van der Waals surface area (Å²) in [5.74, 6) is 1.33. The van der Waals surface area contributed by atoms with Crippen molar-refractivity contribution in [2.45, 2.75) is 23.2 Å². The van der Waals surface area contributed by atoms with Gasteiger partial charge in [0.2, 0.25) is 5.91 Å². The molecular weight excluding hydrogens is 438 g/mol. The average Bonchev–Trinajstić information content (AvgIpc) is 2.76. The van der Waals surface area contributed by atoms with Gasteiger partial charge in [0, 0.05) is 34.7 Å². The third-order valence-corrected chi connectivity index (χ3v) is 6.19. The number of halogens is 1. The van der Waals surface area contributed by atoms with Crippen molar-refractivity contribution in [2.24, 2.45) is 0 Å². The van der Waals surface area contributed by atoms with Crippen molar-refractivity contribution < 1.29 is 14.3 Å². The third kappa shape index (κ3) is 4.55. The standard InChI is InChI=1S/C22H20ClN3O4S/c1-29-14-6-7-15(17(9-14)30-2)16-10-18(27)24-20-19(16)21(28)26-22(25-20)31-11-12-4-3-5-13(23)8-12/h3-9,16H,10-11H2,1-2H3,(H2,24,25,26,27,28). The molecule has 2 heterocycles. The van der Waals surface area contributed by atoms with Crippen LogP contribution < -0.4 is 20.3 Å². The Balaban J connectivity index is 1.68. The Morgan fingerprint density at radius 1 is 1.16 bits per heavy atom.